The molecule has 0 fully saturated rings. The number of hydrogen-bond acceptors (Lipinski definition) is 2. The standard InChI is InChI=1S/C14H14BrFN2O2/c15-11-3-4-13(16)10(8-11)5-6-17-14(19)18-9-12-2-1-7-20-12/h1-4,7-8H,5-6,9H2,(H2,17,18,19). The zero-order valence-electron chi connectivity index (χ0n) is 10.7. The zero-order valence-corrected chi connectivity index (χ0v) is 12.2. The van der Waals surface area contributed by atoms with Crippen LogP contribution in [0.25, 0.3) is 0 Å². The van der Waals surface area contributed by atoms with Gasteiger partial charge in [0.1, 0.15) is 11.6 Å². The molecule has 0 spiro atoms. The number of amides is 2. The summed E-state index contributed by atoms with van der Waals surface area (Å²) < 4.78 is 19.4. The number of nitrogens with one attached hydrogen (secondary N) is 2. The summed E-state index contributed by atoms with van der Waals surface area (Å²) in [6.45, 7) is 0.682. The lowest BCUT2D eigenvalue weighted by Crippen LogP contribution is -2.36. The van der Waals surface area contributed by atoms with Crippen LogP contribution in [0.15, 0.2) is 45.5 Å². The van der Waals surface area contributed by atoms with Gasteiger partial charge in [-0.1, -0.05) is 15.9 Å². The van der Waals surface area contributed by atoms with E-state index in [0.717, 1.165) is 4.47 Å². The molecule has 2 N–H and O–H groups in total. The van der Waals surface area contributed by atoms with E-state index in [2.05, 4.69) is 26.6 Å². The van der Waals surface area contributed by atoms with Crippen molar-refractivity contribution >= 4 is 22.0 Å². The third-order valence-electron chi connectivity index (χ3n) is 2.69. The van der Waals surface area contributed by atoms with E-state index < -0.39 is 0 Å². The number of urea groups is 1. The monoisotopic (exact) mass is 340 g/mol. The van der Waals surface area contributed by atoms with E-state index in [1.54, 1.807) is 30.5 Å². The summed E-state index contributed by atoms with van der Waals surface area (Å²) in [5.74, 6) is 0.407. The van der Waals surface area contributed by atoms with E-state index in [9.17, 15) is 9.18 Å². The highest BCUT2D eigenvalue weighted by Crippen LogP contribution is 2.15. The predicted octanol–water partition coefficient (Wildman–Crippen LogP) is 3.22. The summed E-state index contributed by atoms with van der Waals surface area (Å²) in [6.07, 6.45) is 1.98. The largest absolute Gasteiger partial charge is 0.467 e. The molecule has 0 saturated carbocycles. The highest BCUT2D eigenvalue weighted by Gasteiger charge is 2.05. The molecule has 0 bridgehead atoms. The van der Waals surface area contributed by atoms with Crippen LogP contribution in [0.5, 0.6) is 0 Å². The molecule has 2 amide bonds. The minimum atomic E-state index is -0.309. The van der Waals surface area contributed by atoms with Crippen LogP contribution < -0.4 is 10.6 Å². The molecule has 1 aromatic carbocycles. The van der Waals surface area contributed by atoms with Crippen molar-refractivity contribution in [3.05, 3.63) is 58.2 Å². The van der Waals surface area contributed by atoms with Gasteiger partial charge in [0, 0.05) is 11.0 Å². The topological polar surface area (TPSA) is 54.3 Å². The SMILES string of the molecule is O=C(NCCc1cc(Br)ccc1F)NCc1ccco1. The summed E-state index contributed by atoms with van der Waals surface area (Å²) in [5, 5.41) is 5.32. The first-order chi connectivity index (χ1) is 9.65. The van der Waals surface area contributed by atoms with Crippen molar-refractivity contribution in [2.45, 2.75) is 13.0 Å². The van der Waals surface area contributed by atoms with Crippen LogP contribution in [-0.4, -0.2) is 12.6 Å². The van der Waals surface area contributed by atoms with Crippen molar-refractivity contribution < 1.29 is 13.6 Å². The summed E-state index contributed by atoms with van der Waals surface area (Å²) in [6, 6.07) is 7.97. The maximum absolute atomic E-state index is 13.5. The molecular weight excluding hydrogens is 327 g/mol. The Balaban J connectivity index is 1.72. The van der Waals surface area contributed by atoms with Crippen molar-refractivity contribution in [2.24, 2.45) is 0 Å². The lowest BCUT2D eigenvalue weighted by atomic mass is 10.1. The number of benzene rings is 1. The average molecular weight is 341 g/mol. The van der Waals surface area contributed by atoms with Crippen LogP contribution >= 0.6 is 15.9 Å². The third-order valence-corrected chi connectivity index (χ3v) is 3.18. The Morgan fingerprint density at radius 1 is 1.30 bits per heavy atom. The molecule has 20 heavy (non-hydrogen) atoms. The molecule has 0 saturated heterocycles. The molecule has 1 aromatic heterocycles. The Labute approximate surface area is 124 Å². The fourth-order valence-electron chi connectivity index (χ4n) is 1.69. The molecule has 0 unspecified atom stereocenters. The lowest BCUT2D eigenvalue weighted by Gasteiger charge is -2.07. The van der Waals surface area contributed by atoms with E-state index >= 15 is 0 Å². The van der Waals surface area contributed by atoms with Gasteiger partial charge < -0.3 is 15.1 Å². The van der Waals surface area contributed by atoms with Crippen molar-refractivity contribution in [1.82, 2.24) is 10.6 Å². The van der Waals surface area contributed by atoms with Crippen LogP contribution in [0.4, 0.5) is 9.18 Å². The van der Waals surface area contributed by atoms with Gasteiger partial charge in [0.15, 0.2) is 0 Å². The molecule has 1 heterocycles. The molecule has 0 aliphatic carbocycles. The quantitative estimate of drug-likeness (QED) is 0.877. The Morgan fingerprint density at radius 2 is 2.15 bits per heavy atom. The van der Waals surface area contributed by atoms with E-state index in [4.69, 9.17) is 4.42 Å². The van der Waals surface area contributed by atoms with Crippen molar-refractivity contribution in [3.63, 3.8) is 0 Å². The third kappa shape index (κ3) is 4.38. The maximum Gasteiger partial charge on any atom is 0.315 e. The number of hydrogen-bond donors (Lipinski definition) is 2. The molecule has 0 aliphatic heterocycles. The summed E-state index contributed by atoms with van der Waals surface area (Å²) in [5.41, 5.74) is 0.561. The van der Waals surface area contributed by atoms with Gasteiger partial charge in [-0.05, 0) is 42.3 Å². The molecule has 0 radical (unpaired) electrons. The van der Waals surface area contributed by atoms with Gasteiger partial charge in [-0.3, -0.25) is 0 Å². The van der Waals surface area contributed by atoms with Gasteiger partial charge in [-0.15, -0.1) is 0 Å². The van der Waals surface area contributed by atoms with Crippen LogP contribution in [0, 0.1) is 5.82 Å². The molecular formula is C14H14BrFN2O2. The Morgan fingerprint density at radius 3 is 2.90 bits per heavy atom. The normalized spacial score (nSPS) is 10.3. The van der Waals surface area contributed by atoms with Crippen LogP contribution in [0.2, 0.25) is 0 Å². The van der Waals surface area contributed by atoms with Crippen molar-refractivity contribution in [1.29, 1.82) is 0 Å². The first-order valence-corrected chi connectivity index (χ1v) is 6.92. The maximum atomic E-state index is 13.5. The Hall–Kier alpha value is -1.82. The number of carbonyl (C=O) groups is 1. The van der Waals surface area contributed by atoms with Gasteiger partial charge >= 0.3 is 6.03 Å². The first-order valence-electron chi connectivity index (χ1n) is 6.13. The number of rotatable bonds is 5. The van der Waals surface area contributed by atoms with Gasteiger partial charge in [-0.25, -0.2) is 9.18 Å². The number of furan rings is 1. The average Bonchev–Trinajstić information content (AvgIpc) is 2.93. The zero-order chi connectivity index (χ0) is 14.4. The summed E-state index contributed by atoms with van der Waals surface area (Å²) >= 11 is 3.29. The Bertz CT molecular complexity index is 573. The van der Waals surface area contributed by atoms with E-state index in [0.29, 0.717) is 30.8 Å². The van der Waals surface area contributed by atoms with Crippen LogP contribution in [-0.2, 0) is 13.0 Å². The van der Waals surface area contributed by atoms with Crippen LogP contribution in [0.1, 0.15) is 11.3 Å². The van der Waals surface area contributed by atoms with E-state index in [1.165, 1.54) is 6.07 Å². The second-order valence-corrected chi connectivity index (χ2v) is 5.09. The van der Waals surface area contributed by atoms with Crippen molar-refractivity contribution in [2.75, 3.05) is 6.54 Å². The summed E-state index contributed by atoms with van der Waals surface area (Å²) in [4.78, 5) is 11.5. The highest BCUT2D eigenvalue weighted by atomic mass is 79.9. The highest BCUT2D eigenvalue weighted by molar-refractivity contribution is 9.10. The fourth-order valence-corrected chi connectivity index (χ4v) is 2.10. The number of carbonyl (C=O) groups excluding carboxylic acids is 1. The van der Waals surface area contributed by atoms with E-state index in [-0.39, 0.29) is 11.8 Å². The van der Waals surface area contributed by atoms with Crippen molar-refractivity contribution in [3.8, 4) is 0 Å². The lowest BCUT2D eigenvalue weighted by molar-refractivity contribution is 0.239. The summed E-state index contributed by atoms with van der Waals surface area (Å²) in [7, 11) is 0. The molecule has 2 rings (SSSR count). The molecule has 0 atom stereocenters. The number of halogens is 2. The van der Waals surface area contributed by atoms with Gasteiger partial charge in [0.05, 0.1) is 12.8 Å². The van der Waals surface area contributed by atoms with Gasteiger partial charge in [-0.2, -0.15) is 0 Å². The van der Waals surface area contributed by atoms with Gasteiger partial charge in [0.25, 0.3) is 0 Å². The fraction of sp³-hybridized carbons (Fsp3) is 0.214. The Kier molecular flexibility index (Phi) is 5.17. The molecule has 2 aromatic rings. The second-order valence-electron chi connectivity index (χ2n) is 4.17. The second kappa shape index (κ2) is 7.09. The minimum absolute atomic E-state index is 0.272. The van der Waals surface area contributed by atoms with E-state index in [1.807, 2.05) is 0 Å². The molecule has 0 aliphatic rings. The van der Waals surface area contributed by atoms with Crippen LogP contribution in [0.3, 0.4) is 0 Å². The first kappa shape index (κ1) is 14.6. The molecule has 106 valence electrons. The predicted molar refractivity (Wildman–Crippen MR) is 76.8 cm³/mol. The minimum Gasteiger partial charge on any atom is -0.467 e. The molecule has 6 heteroatoms. The smallest absolute Gasteiger partial charge is 0.315 e. The molecule has 4 nitrogen and oxygen atoms in total. The van der Waals surface area contributed by atoms with Gasteiger partial charge in [0.2, 0.25) is 0 Å².